The molecular weight excluding hydrogens is 250 g/mol. The van der Waals surface area contributed by atoms with E-state index in [0.717, 1.165) is 25.9 Å². The highest BCUT2D eigenvalue weighted by molar-refractivity contribution is 7.99. The summed E-state index contributed by atoms with van der Waals surface area (Å²) in [6.07, 6.45) is 4.69. The van der Waals surface area contributed by atoms with Gasteiger partial charge in [-0.05, 0) is 19.8 Å². The van der Waals surface area contributed by atoms with Crippen LogP contribution < -0.4 is 5.84 Å². The molecule has 18 heavy (non-hydrogen) atoms. The Balaban J connectivity index is 1.85. The third-order valence-corrected chi connectivity index (χ3v) is 4.05. The van der Waals surface area contributed by atoms with Gasteiger partial charge in [0.05, 0.1) is 5.75 Å². The summed E-state index contributed by atoms with van der Waals surface area (Å²) in [4.78, 5) is 14.0. The van der Waals surface area contributed by atoms with E-state index in [9.17, 15) is 4.79 Å². The van der Waals surface area contributed by atoms with E-state index in [-0.39, 0.29) is 5.91 Å². The Morgan fingerprint density at radius 2 is 1.94 bits per heavy atom. The van der Waals surface area contributed by atoms with Gasteiger partial charge in [-0.25, -0.2) is 4.68 Å². The maximum atomic E-state index is 12.0. The van der Waals surface area contributed by atoms with Crippen LogP contribution in [0.5, 0.6) is 0 Å². The average molecular weight is 269 g/mol. The molecule has 2 heterocycles. The van der Waals surface area contributed by atoms with E-state index < -0.39 is 0 Å². The molecular formula is C11H19N5OS. The van der Waals surface area contributed by atoms with E-state index in [1.807, 2.05) is 4.90 Å². The Kier molecular flexibility index (Phi) is 4.46. The second-order valence-corrected chi connectivity index (χ2v) is 5.43. The molecule has 1 aromatic heterocycles. The van der Waals surface area contributed by atoms with Crippen LogP contribution in [0.1, 0.15) is 31.5 Å². The number of nitrogens with zero attached hydrogens (tertiary/aromatic N) is 4. The van der Waals surface area contributed by atoms with Gasteiger partial charge in [-0.2, -0.15) is 0 Å². The van der Waals surface area contributed by atoms with Gasteiger partial charge in [0.1, 0.15) is 5.82 Å². The second-order valence-electron chi connectivity index (χ2n) is 4.48. The Morgan fingerprint density at radius 1 is 1.28 bits per heavy atom. The predicted octanol–water partition coefficient (Wildman–Crippen LogP) is 0.795. The largest absolute Gasteiger partial charge is 0.342 e. The summed E-state index contributed by atoms with van der Waals surface area (Å²) in [6, 6.07) is 0. The van der Waals surface area contributed by atoms with Crippen LogP contribution in [0.25, 0.3) is 0 Å². The van der Waals surface area contributed by atoms with E-state index >= 15 is 0 Å². The van der Waals surface area contributed by atoms with Gasteiger partial charge >= 0.3 is 0 Å². The van der Waals surface area contributed by atoms with E-state index in [4.69, 9.17) is 5.84 Å². The number of aryl methyl sites for hydroxylation is 1. The van der Waals surface area contributed by atoms with Gasteiger partial charge in [-0.1, -0.05) is 24.6 Å². The Labute approximate surface area is 111 Å². The minimum atomic E-state index is 0.169. The summed E-state index contributed by atoms with van der Waals surface area (Å²) in [7, 11) is 0. The van der Waals surface area contributed by atoms with Gasteiger partial charge in [0.2, 0.25) is 11.1 Å². The van der Waals surface area contributed by atoms with Crippen LogP contribution in [0.2, 0.25) is 0 Å². The van der Waals surface area contributed by atoms with Crippen molar-refractivity contribution in [2.75, 3.05) is 24.7 Å². The molecule has 7 heteroatoms. The summed E-state index contributed by atoms with van der Waals surface area (Å²) in [5.74, 6) is 6.94. The van der Waals surface area contributed by atoms with E-state index in [1.54, 1.807) is 6.92 Å². The fourth-order valence-corrected chi connectivity index (χ4v) is 2.79. The van der Waals surface area contributed by atoms with Gasteiger partial charge < -0.3 is 10.7 Å². The van der Waals surface area contributed by atoms with Gasteiger partial charge in [0.15, 0.2) is 0 Å². The summed E-state index contributed by atoms with van der Waals surface area (Å²) < 4.78 is 1.42. The van der Waals surface area contributed by atoms with Crippen LogP contribution in [0, 0.1) is 6.92 Å². The van der Waals surface area contributed by atoms with Gasteiger partial charge in [0.25, 0.3) is 0 Å². The van der Waals surface area contributed by atoms with Crippen LogP contribution in [0.4, 0.5) is 0 Å². The van der Waals surface area contributed by atoms with E-state index in [2.05, 4.69) is 10.2 Å². The molecule has 0 radical (unpaired) electrons. The van der Waals surface area contributed by atoms with Crippen LogP contribution in [-0.4, -0.2) is 44.5 Å². The molecule has 1 saturated heterocycles. The van der Waals surface area contributed by atoms with Crippen molar-refractivity contribution in [2.24, 2.45) is 0 Å². The number of aromatic nitrogens is 3. The van der Waals surface area contributed by atoms with Crippen molar-refractivity contribution in [1.82, 2.24) is 19.8 Å². The number of hydrogen-bond donors (Lipinski definition) is 1. The lowest BCUT2D eigenvalue weighted by molar-refractivity contribution is -0.128. The third kappa shape index (κ3) is 3.16. The highest BCUT2D eigenvalue weighted by Gasteiger charge is 2.17. The summed E-state index contributed by atoms with van der Waals surface area (Å²) in [5, 5.41) is 8.39. The van der Waals surface area contributed by atoms with Crippen molar-refractivity contribution in [3.8, 4) is 0 Å². The van der Waals surface area contributed by atoms with Gasteiger partial charge in [-0.15, -0.1) is 10.2 Å². The molecule has 0 aromatic carbocycles. The van der Waals surface area contributed by atoms with Crippen molar-refractivity contribution >= 4 is 17.7 Å². The van der Waals surface area contributed by atoms with Crippen LogP contribution in [-0.2, 0) is 4.79 Å². The lowest BCUT2D eigenvalue weighted by Gasteiger charge is -2.19. The quantitative estimate of drug-likeness (QED) is 0.648. The molecule has 1 aliphatic heterocycles. The first-order chi connectivity index (χ1) is 8.68. The number of rotatable bonds is 3. The molecule has 6 nitrogen and oxygen atoms in total. The van der Waals surface area contributed by atoms with Crippen molar-refractivity contribution in [1.29, 1.82) is 0 Å². The minimum Gasteiger partial charge on any atom is -0.342 e. The number of amides is 1. The number of thioether (sulfide) groups is 1. The minimum absolute atomic E-state index is 0.169. The number of nitrogens with two attached hydrogens (primary N) is 1. The Morgan fingerprint density at radius 3 is 2.50 bits per heavy atom. The molecule has 100 valence electrons. The molecule has 0 spiro atoms. The first kappa shape index (κ1) is 13.2. The van der Waals surface area contributed by atoms with Crippen molar-refractivity contribution in [2.45, 2.75) is 37.8 Å². The smallest absolute Gasteiger partial charge is 0.233 e. The Bertz CT molecular complexity index is 412. The molecule has 1 aliphatic rings. The van der Waals surface area contributed by atoms with Crippen LogP contribution >= 0.6 is 11.8 Å². The van der Waals surface area contributed by atoms with Gasteiger partial charge in [0, 0.05) is 13.1 Å². The number of carbonyl (C=O) groups excluding carboxylic acids is 1. The molecule has 1 aromatic rings. The lowest BCUT2D eigenvalue weighted by Crippen LogP contribution is -2.33. The molecule has 0 bridgehead atoms. The van der Waals surface area contributed by atoms with Crippen LogP contribution in [0.3, 0.4) is 0 Å². The number of nitrogen functional groups attached to an aromatic ring is 1. The first-order valence-corrected chi connectivity index (χ1v) is 7.24. The molecule has 2 rings (SSSR count). The van der Waals surface area contributed by atoms with E-state index in [1.165, 1.54) is 29.3 Å². The summed E-state index contributed by atoms with van der Waals surface area (Å²) in [6.45, 7) is 3.55. The highest BCUT2D eigenvalue weighted by atomic mass is 32.2. The second kappa shape index (κ2) is 6.08. The van der Waals surface area contributed by atoms with Crippen molar-refractivity contribution < 1.29 is 4.79 Å². The normalized spacial score (nSPS) is 16.6. The standard InChI is InChI=1S/C11H19N5OS/c1-9-13-14-11(16(9)12)18-8-10(17)15-6-4-2-3-5-7-15/h2-8,12H2,1H3. The zero-order valence-corrected chi connectivity index (χ0v) is 11.4. The van der Waals surface area contributed by atoms with Crippen molar-refractivity contribution in [3.63, 3.8) is 0 Å². The van der Waals surface area contributed by atoms with Crippen molar-refractivity contribution in [3.05, 3.63) is 5.82 Å². The fraction of sp³-hybridized carbons (Fsp3) is 0.727. The highest BCUT2D eigenvalue weighted by Crippen LogP contribution is 2.16. The lowest BCUT2D eigenvalue weighted by atomic mass is 10.2. The summed E-state index contributed by atoms with van der Waals surface area (Å²) in [5.41, 5.74) is 0. The predicted molar refractivity (Wildman–Crippen MR) is 70.7 cm³/mol. The first-order valence-electron chi connectivity index (χ1n) is 6.26. The fourth-order valence-electron chi connectivity index (χ4n) is 1.99. The number of hydrogen-bond acceptors (Lipinski definition) is 5. The van der Waals surface area contributed by atoms with E-state index in [0.29, 0.717) is 16.7 Å². The molecule has 0 unspecified atom stereocenters. The molecule has 2 N–H and O–H groups in total. The topological polar surface area (TPSA) is 77.0 Å². The number of likely N-dealkylation sites (tertiary alicyclic amines) is 1. The maximum Gasteiger partial charge on any atom is 0.233 e. The molecule has 0 saturated carbocycles. The molecule has 1 amide bonds. The SMILES string of the molecule is Cc1nnc(SCC(=O)N2CCCCCC2)n1N. The summed E-state index contributed by atoms with van der Waals surface area (Å²) >= 11 is 1.35. The average Bonchev–Trinajstić information content (AvgIpc) is 2.63. The molecule has 0 atom stereocenters. The van der Waals surface area contributed by atoms with Crippen LogP contribution in [0.15, 0.2) is 5.16 Å². The number of carbonyl (C=O) groups is 1. The third-order valence-electron chi connectivity index (χ3n) is 3.12. The monoisotopic (exact) mass is 269 g/mol. The maximum absolute atomic E-state index is 12.0. The zero-order valence-electron chi connectivity index (χ0n) is 10.6. The van der Waals surface area contributed by atoms with Gasteiger partial charge in [-0.3, -0.25) is 4.79 Å². The zero-order chi connectivity index (χ0) is 13.0. The molecule has 0 aliphatic carbocycles. The Hall–Kier alpha value is -1.24. The molecule has 1 fully saturated rings.